The number of methoxy groups -OCH3 is 1. The van der Waals surface area contributed by atoms with E-state index in [1.54, 1.807) is 13.2 Å². The summed E-state index contributed by atoms with van der Waals surface area (Å²) in [7, 11) is 1.64. The molecule has 0 atom stereocenters. The van der Waals surface area contributed by atoms with Crippen molar-refractivity contribution in [2.75, 3.05) is 25.5 Å². The van der Waals surface area contributed by atoms with Crippen LogP contribution in [0.4, 0.5) is 11.4 Å². The highest BCUT2D eigenvalue weighted by molar-refractivity contribution is 5.93. The van der Waals surface area contributed by atoms with Crippen LogP contribution < -0.4 is 10.1 Å². The summed E-state index contributed by atoms with van der Waals surface area (Å²) in [6.07, 6.45) is 0.877. The van der Waals surface area contributed by atoms with Gasteiger partial charge >= 0.3 is 0 Å². The van der Waals surface area contributed by atoms with E-state index in [-0.39, 0.29) is 18.1 Å². The number of nitrogens with one attached hydrogen (secondary N) is 1. The number of hydrogen-bond acceptors (Lipinski definition) is 5. The Labute approximate surface area is 151 Å². The predicted molar refractivity (Wildman–Crippen MR) is 98.4 cm³/mol. The highest BCUT2D eigenvalue weighted by atomic mass is 16.6. The number of fused-ring (bicyclic) bond motifs is 1. The quantitative estimate of drug-likeness (QED) is 0.658. The second-order valence-electron chi connectivity index (χ2n) is 6.40. The Hall–Kier alpha value is -2.93. The molecular weight excluding hydrogens is 334 g/mol. The minimum atomic E-state index is -0.468. The molecule has 0 unspecified atom stereocenters. The summed E-state index contributed by atoms with van der Waals surface area (Å²) >= 11 is 0. The minimum Gasteiger partial charge on any atom is -0.497 e. The van der Waals surface area contributed by atoms with Crippen LogP contribution >= 0.6 is 0 Å². The first kappa shape index (κ1) is 17.9. The van der Waals surface area contributed by atoms with E-state index in [0.29, 0.717) is 12.2 Å². The fraction of sp³-hybridized carbons (Fsp3) is 0.316. The van der Waals surface area contributed by atoms with Gasteiger partial charge in [0.25, 0.3) is 5.69 Å². The average Bonchev–Trinajstić information content (AvgIpc) is 2.62. The van der Waals surface area contributed by atoms with Crippen molar-refractivity contribution in [3.8, 4) is 5.75 Å². The zero-order chi connectivity index (χ0) is 18.7. The van der Waals surface area contributed by atoms with Gasteiger partial charge in [-0.25, -0.2) is 0 Å². The summed E-state index contributed by atoms with van der Waals surface area (Å²) in [6.45, 7) is 3.51. The Kier molecular flexibility index (Phi) is 5.18. The maximum absolute atomic E-state index is 12.4. The molecule has 1 aliphatic rings. The Morgan fingerprint density at radius 1 is 1.27 bits per heavy atom. The molecule has 7 heteroatoms. The fourth-order valence-corrected chi connectivity index (χ4v) is 3.10. The third kappa shape index (κ3) is 4.00. The van der Waals surface area contributed by atoms with Crippen LogP contribution in [0.3, 0.4) is 0 Å². The number of nitrogens with zero attached hydrogens (tertiary/aromatic N) is 2. The molecule has 0 radical (unpaired) electrons. The number of carbonyl (C=O) groups is 1. The van der Waals surface area contributed by atoms with Gasteiger partial charge in [0.2, 0.25) is 5.91 Å². The van der Waals surface area contributed by atoms with E-state index >= 15 is 0 Å². The molecular formula is C19H21N3O4. The number of anilines is 1. The monoisotopic (exact) mass is 355 g/mol. The lowest BCUT2D eigenvalue weighted by Crippen LogP contribution is -2.37. The molecule has 0 aliphatic carbocycles. The van der Waals surface area contributed by atoms with Gasteiger partial charge in [-0.2, -0.15) is 0 Å². The molecule has 1 N–H and O–H groups in total. The van der Waals surface area contributed by atoms with Crippen LogP contribution in [0.2, 0.25) is 0 Å². The van der Waals surface area contributed by atoms with Crippen LogP contribution in [0.5, 0.6) is 5.75 Å². The number of non-ortho nitro benzene ring substituents is 1. The first-order chi connectivity index (χ1) is 12.5. The van der Waals surface area contributed by atoms with Gasteiger partial charge in [-0.3, -0.25) is 19.8 Å². The zero-order valence-corrected chi connectivity index (χ0v) is 14.8. The van der Waals surface area contributed by atoms with E-state index in [0.717, 1.165) is 29.8 Å². The number of hydrogen-bond donors (Lipinski definition) is 1. The summed E-state index contributed by atoms with van der Waals surface area (Å²) in [6, 6.07) is 10.5. The fourth-order valence-electron chi connectivity index (χ4n) is 3.10. The van der Waals surface area contributed by atoms with Gasteiger partial charge in [-0.15, -0.1) is 0 Å². The molecule has 26 heavy (non-hydrogen) atoms. The number of aryl methyl sites for hydroxylation is 1. The standard InChI is InChI=1S/C19H21N3O4/c1-13-3-5-16(22(24)25)10-18(13)20-19(23)12-21-8-7-14-4-6-17(26-2)9-15(14)11-21/h3-6,9-10H,7-8,11-12H2,1-2H3,(H,20,23). The minimum absolute atomic E-state index is 0.0371. The third-order valence-electron chi connectivity index (χ3n) is 4.58. The SMILES string of the molecule is COc1ccc2c(c1)CN(CC(=O)Nc1cc([N+](=O)[O-])ccc1C)CC2. The second kappa shape index (κ2) is 7.53. The van der Waals surface area contributed by atoms with Crippen molar-refractivity contribution in [3.63, 3.8) is 0 Å². The van der Waals surface area contributed by atoms with E-state index < -0.39 is 4.92 Å². The van der Waals surface area contributed by atoms with Gasteiger partial charge in [0.15, 0.2) is 0 Å². The van der Waals surface area contributed by atoms with Crippen LogP contribution in [0, 0.1) is 17.0 Å². The number of rotatable bonds is 5. The molecule has 0 fully saturated rings. The highest BCUT2D eigenvalue weighted by Crippen LogP contribution is 2.24. The number of ether oxygens (including phenoxy) is 1. The van der Waals surface area contributed by atoms with Crippen molar-refractivity contribution in [2.45, 2.75) is 19.9 Å². The first-order valence-electron chi connectivity index (χ1n) is 8.39. The summed E-state index contributed by atoms with van der Waals surface area (Å²) in [5, 5.41) is 13.7. The topological polar surface area (TPSA) is 84.7 Å². The lowest BCUT2D eigenvalue weighted by atomic mass is 9.99. The molecule has 1 aliphatic heterocycles. The zero-order valence-electron chi connectivity index (χ0n) is 14.8. The Morgan fingerprint density at radius 2 is 2.08 bits per heavy atom. The molecule has 0 saturated heterocycles. The summed E-state index contributed by atoms with van der Waals surface area (Å²) in [5.74, 6) is 0.627. The van der Waals surface area contributed by atoms with Gasteiger partial charge in [0.1, 0.15) is 5.75 Å². The summed E-state index contributed by atoms with van der Waals surface area (Å²) in [4.78, 5) is 24.9. The lowest BCUT2D eigenvalue weighted by Gasteiger charge is -2.28. The molecule has 136 valence electrons. The maximum Gasteiger partial charge on any atom is 0.271 e. The number of nitro benzene ring substituents is 1. The molecule has 1 amide bonds. The molecule has 7 nitrogen and oxygen atoms in total. The molecule has 2 aromatic rings. The van der Waals surface area contributed by atoms with Crippen LogP contribution in [0.25, 0.3) is 0 Å². The van der Waals surface area contributed by atoms with Crippen molar-refractivity contribution in [3.05, 3.63) is 63.2 Å². The van der Waals surface area contributed by atoms with Crippen molar-refractivity contribution >= 4 is 17.3 Å². The van der Waals surface area contributed by atoms with Crippen molar-refractivity contribution in [1.82, 2.24) is 4.90 Å². The van der Waals surface area contributed by atoms with Crippen LogP contribution in [0.15, 0.2) is 36.4 Å². The Bertz CT molecular complexity index is 851. The van der Waals surface area contributed by atoms with E-state index in [9.17, 15) is 14.9 Å². The van der Waals surface area contributed by atoms with E-state index in [1.807, 2.05) is 19.1 Å². The maximum atomic E-state index is 12.4. The molecule has 0 saturated carbocycles. The van der Waals surface area contributed by atoms with Crippen LogP contribution in [-0.2, 0) is 17.8 Å². The Balaban J connectivity index is 1.65. The second-order valence-corrected chi connectivity index (χ2v) is 6.40. The molecule has 3 rings (SSSR count). The normalized spacial score (nSPS) is 13.8. The largest absolute Gasteiger partial charge is 0.497 e. The number of carbonyl (C=O) groups excluding carboxylic acids is 1. The first-order valence-corrected chi connectivity index (χ1v) is 8.39. The van der Waals surface area contributed by atoms with Crippen LogP contribution in [-0.4, -0.2) is 35.9 Å². The van der Waals surface area contributed by atoms with Crippen LogP contribution in [0.1, 0.15) is 16.7 Å². The molecule has 0 aromatic heterocycles. The molecule has 2 aromatic carbocycles. The molecule has 1 heterocycles. The average molecular weight is 355 g/mol. The van der Waals surface area contributed by atoms with Crippen molar-refractivity contribution < 1.29 is 14.5 Å². The van der Waals surface area contributed by atoms with Gasteiger partial charge in [-0.05, 0) is 42.2 Å². The number of nitro groups is 1. The molecule has 0 spiro atoms. The van der Waals surface area contributed by atoms with Crippen molar-refractivity contribution in [1.29, 1.82) is 0 Å². The van der Waals surface area contributed by atoms with Gasteiger partial charge in [-0.1, -0.05) is 12.1 Å². The number of amides is 1. The summed E-state index contributed by atoms with van der Waals surface area (Å²) < 4.78 is 5.27. The van der Waals surface area contributed by atoms with E-state index in [1.165, 1.54) is 17.7 Å². The van der Waals surface area contributed by atoms with Gasteiger partial charge in [0, 0.05) is 25.2 Å². The predicted octanol–water partition coefficient (Wildman–Crippen LogP) is 2.91. The molecule has 0 bridgehead atoms. The van der Waals surface area contributed by atoms with Crippen molar-refractivity contribution in [2.24, 2.45) is 0 Å². The summed E-state index contributed by atoms with van der Waals surface area (Å²) in [5.41, 5.74) is 3.66. The third-order valence-corrected chi connectivity index (χ3v) is 4.58. The number of benzene rings is 2. The van der Waals surface area contributed by atoms with Gasteiger partial charge in [0.05, 0.1) is 24.3 Å². The Morgan fingerprint density at radius 3 is 2.81 bits per heavy atom. The van der Waals surface area contributed by atoms with E-state index in [2.05, 4.69) is 16.3 Å². The lowest BCUT2D eigenvalue weighted by molar-refractivity contribution is -0.384. The highest BCUT2D eigenvalue weighted by Gasteiger charge is 2.20. The van der Waals surface area contributed by atoms with Gasteiger partial charge < -0.3 is 10.1 Å². The smallest absolute Gasteiger partial charge is 0.271 e. The van der Waals surface area contributed by atoms with E-state index in [4.69, 9.17) is 4.74 Å².